The molecule has 1 N–H and O–H groups in total. The molecule has 0 aliphatic rings. The number of methoxy groups -OCH3 is 1. The number of anilines is 1. The Balaban J connectivity index is 1.29. The molecule has 0 saturated carbocycles. The van der Waals surface area contributed by atoms with Gasteiger partial charge in [0.15, 0.2) is 0 Å². The van der Waals surface area contributed by atoms with Crippen molar-refractivity contribution in [1.82, 2.24) is 4.98 Å². The zero-order valence-electron chi connectivity index (χ0n) is 21.8. The highest BCUT2D eigenvalue weighted by Crippen LogP contribution is 2.39. The molecule has 6 nitrogen and oxygen atoms in total. The molecule has 0 amide bonds. The summed E-state index contributed by atoms with van der Waals surface area (Å²) in [5.74, 6) is 0.698. The van der Waals surface area contributed by atoms with Crippen molar-refractivity contribution < 1.29 is 14.3 Å². The normalized spacial score (nSPS) is 10.9. The molecular formula is C32H27N3O3S. The molecule has 0 saturated heterocycles. The van der Waals surface area contributed by atoms with Gasteiger partial charge in [0.1, 0.15) is 11.5 Å². The van der Waals surface area contributed by atoms with Crippen LogP contribution >= 0.6 is 11.3 Å². The van der Waals surface area contributed by atoms with Crippen molar-refractivity contribution in [2.75, 3.05) is 12.5 Å². The maximum Gasteiger partial charge on any atom is 0.343 e. The Hall–Kier alpha value is -4.75. The van der Waals surface area contributed by atoms with Gasteiger partial charge in [0, 0.05) is 5.56 Å². The second-order valence-corrected chi connectivity index (χ2v) is 9.92. The molecule has 4 aromatic carbocycles. The minimum absolute atomic E-state index is 0.432. The zero-order valence-corrected chi connectivity index (χ0v) is 22.7. The fourth-order valence-corrected chi connectivity index (χ4v) is 4.86. The van der Waals surface area contributed by atoms with Gasteiger partial charge >= 0.3 is 5.97 Å². The molecule has 0 fully saturated rings. The van der Waals surface area contributed by atoms with Crippen molar-refractivity contribution >= 4 is 28.7 Å². The van der Waals surface area contributed by atoms with Crippen LogP contribution in [0.1, 0.15) is 27.0 Å². The molecule has 0 bridgehead atoms. The number of aryl methyl sites for hydroxylation is 2. The lowest BCUT2D eigenvalue weighted by atomic mass is 10.0. The van der Waals surface area contributed by atoms with Crippen LogP contribution in [0.2, 0.25) is 0 Å². The summed E-state index contributed by atoms with van der Waals surface area (Å²) in [6, 6.07) is 30.6. The first-order valence-corrected chi connectivity index (χ1v) is 13.2. The number of carbonyl (C=O) groups excluding carboxylic acids is 1. The predicted molar refractivity (Wildman–Crippen MR) is 158 cm³/mol. The summed E-state index contributed by atoms with van der Waals surface area (Å²) in [6.45, 7) is 4.22. The van der Waals surface area contributed by atoms with Crippen molar-refractivity contribution in [2.24, 2.45) is 5.10 Å². The van der Waals surface area contributed by atoms with E-state index in [-0.39, 0.29) is 0 Å². The molecule has 1 aromatic heterocycles. The first-order valence-electron chi connectivity index (χ1n) is 12.4. The van der Waals surface area contributed by atoms with E-state index in [1.165, 1.54) is 11.1 Å². The fraction of sp³-hybridized carbons (Fsp3) is 0.0938. The van der Waals surface area contributed by atoms with Crippen LogP contribution in [0.4, 0.5) is 5.13 Å². The topological polar surface area (TPSA) is 72.8 Å². The summed E-state index contributed by atoms with van der Waals surface area (Å²) in [7, 11) is 1.58. The highest BCUT2D eigenvalue weighted by Gasteiger charge is 2.15. The van der Waals surface area contributed by atoms with Gasteiger partial charge in [-0.05, 0) is 90.7 Å². The van der Waals surface area contributed by atoms with E-state index in [2.05, 4.69) is 54.7 Å². The number of nitrogens with one attached hydrogen (secondary N) is 1. The number of nitrogens with zero attached hydrogens (tertiary/aromatic N) is 2. The summed E-state index contributed by atoms with van der Waals surface area (Å²) in [4.78, 5) is 18.3. The first kappa shape index (κ1) is 25.9. The van der Waals surface area contributed by atoms with Crippen LogP contribution in [0, 0.1) is 13.8 Å². The second-order valence-electron chi connectivity index (χ2n) is 8.92. The highest BCUT2D eigenvalue weighted by atomic mass is 32.1. The molecule has 7 heteroatoms. The van der Waals surface area contributed by atoms with E-state index < -0.39 is 5.97 Å². The maximum atomic E-state index is 12.4. The molecule has 0 unspecified atom stereocenters. The highest BCUT2D eigenvalue weighted by molar-refractivity contribution is 7.19. The van der Waals surface area contributed by atoms with Crippen LogP contribution in [0.3, 0.4) is 0 Å². The quantitative estimate of drug-likeness (QED) is 0.0955. The number of aromatic nitrogens is 1. The van der Waals surface area contributed by atoms with Gasteiger partial charge in [0.05, 0.1) is 29.5 Å². The van der Waals surface area contributed by atoms with Crippen LogP contribution in [0.15, 0.2) is 102 Å². The van der Waals surface area contributed by atoms with Crippen molar-refractivity contribution in [3.63, 3.8) is 0 Å². The third-order valence-corrected chi connectivity index (χ3v) is 7.24. The summed E-state index contributed by atoms with van der Waals surface area (Å²) in [5.41, 5.74) is 9.96. The third kappa shape index (κ3) is 6.22. The molecule has 39 heavy (non-hydrogen) atoms. The Morgan fingerprint density at radius 2 is 1.56 bits per heavy atom. The van der Waals surface area contributed by atoms with Crippen LogP contribution in [0.25, 0.3) is 21.7 Å². The average molecular weight is 534 g/mol. The van der Waals surface area contributed by atoms with E-state index in [9.17, 15) is 4.79 Å². The van der Waals surface area contributed by atoms with Crippen LogP contribution in [0.5, 0.6) is 11.5 Å². The molecule has 0 aliphatic carbocycles. The van der Waals surface area contributed by atoms with Crippen molar-refractivity contribution in [2.45, 2.75) is 13.8 Å². The van der Waals surface area contributed by atoms with Crippen LogP contribution in [-0.2, 0) is 0 Å². The summed E-state index contributed by atoms with van der Waals surface area (Å²) >= 11 is 1.56. The van der Waals surface area contributed by atoms with E-state index in [0.29, 0.717) is 22.2 Å². The summed E-state index contributed by atoms with van der Waals surface area (Å²) in [6.07, 6.45) is 1.70. The van der Waals surface area contributed by atoms with Crippen LogP contribution in [-0.4, -0.2) is 24.3 Å². The van der Waals surface area contributed by atoms with Gasteiger partial charge in [-0.1, -0.05) is 53.8 Å². The number of ether oxygens (including phenoxy) is 2. The van der Waals surface area contributed by atoms with Gasteiger partial charge in [-0.2, -0.15) is 5.10 Å². The van der Waals surface area contributed by atoms with Crippen molar-refractivity contribution in [1.29, 1.82) is 0 Å². The largest absolute Gasteiger partial charge is 0.497 e. The maximum absolute atomic E-state index is 12.4. The van der Waals surface area contributed by atoms with E-state index >= 15 is 0 Å². The lowest BCUT2D eigenvalue weighted by molar-refractivity contribution is 0.0734. The predicted octanol–water partition coefficient (Wildman–Crippen LogP) is 7.77. The number of carbonyl (C=O) groups is 1. The molecule has 194 valence electrons. The monoisotopic (exact) mass is 533 g/mol. The molecule has 5 rings (SSSR count). The van der Waals surface area contributed by atoms with Gasteiger partial charge in [-0.3, -0.25) is 5.43 Å². The lowest BCUT2D eigenvalue weighted by Gasteiger charge is -2.06. The SMILES string of the molecule is COc1ccc(C(=O)Oc2ccc(/C=N\Nc3nc(-c4ccc(C)c(C)c4)c(-c4ccccc4)s3)cc2)cc1. The molecule has 5 aromatic rings. The molecule has 1 heterocycles. The Labute approximate surface area is 231 Å². The van der Waals surface area contributed by atoms with Crippen molar-refractivity contribution in [3.8, 4) is 33.2 Å². The zero-order chi connectivity index (χ0) is 27.2. The third-order valence-electron chi connectivity index (χ3n) is 6.23. The van der Waals surface area contributed by atoms with E-state index in [1.54, 1.807) is 61.1 Å². The second kappa shape index (κ2) is 11.8. The van der Waals surface area contributed by atoms with E-state index in [1.807, 2.05) is 30.3 Å². The van der Waals surface area contributed by atoms with Crippen LogP contribution < -0.4 is 14.9 Å². The molecular weight excluding hydrogens is 506 g/mol. The number of hydrogen-bond donors (Lipinski definition) is 1. The van der Waals surface area contributed by atoms with Gasteiger partial charge in [-0.15, -0.1) is 0 Å². The number of thiazole rings is 1. The number of esters is 1. The van der Waals surface area contributed by atoms with E-state index in [0.717, 1.165) is 27.3 Å². The number of rotatable bonds is 8. The molecule has 0 radical (unpaired) electrons. The number of hydrogen-bond acceptors (Lipinski definition) is 7. The first-order chi connectivity index (χ1) is 19.0. The summed E-state index contributed by atoms with van der Waals surface area (Å²) in [5, 5.41) is 5.09. The molecule has 0 spiro atoms. The standard InChI is InChI=1S/C32H27N3O3S/c1-21-9-12-26(19-22(21)2)29-30(24-7-5-4-6-8-24)39-32(34-29)35-33-20-23-10-15-28(16-11-23)38-31(36)25-13-17-27(37-3)18-14-25/h4-20H,1-3H3,(H,34,35)/b33-20-. The Bertz CT molecular complexity index is 1610. The minimum Gasteiger partial charge on any atom is -0.497 e. The van der Waals surface area contributed by atoms with Gasteiger partial charge in [-0.25, -0.2) is 9.78 Å². The fourth-order valence-electron chi connectivity index (χ4n) is 3.91. The Kier molecular flexibility index (Phi) is 7.80. The number of hydrazone groups is 1. The van der Waals surface area contributed by atoms with E-state index in [4.69, 9.17) is 14.5 Å². The lowest BCUT2D eigenvalue weighted by Crippen LogP contribution is -2.08. The van der Waals surface area contributed by atoms with Gasteiger partial charge in [0.2, 0.25) is 5.13 Å². The van der Waals surface area contributed by atoms with Gasteiger partial charge < -0.3 is 9.47 Å². The molecule has 0 aliphatic heterocycles. The van der Waals surface area contributed by atoms with Crippen molar-refractivity contribution in [3.05, 3.63) is 119 Å². The number of benzene rings is 4. The Morgan fingerprint density at radius 1 is 0.846 bits per heavy atom. The minimum atomic E-state index is -0.432. The molecule has 0 atom stereocenters. The summed E-state index contributed by atoms with van der Waals surface area (Å²) < 4.78 is 10.6. The van der Waals surface area contributed by atoms with Gasteiger partial charge in [0.25, 0.3) is 0 Å². The smallest absolute Gasteiger partial charge is 0.343 e. The average Bonchev–Trinajstić information content (AvgIpc) is 3.40. The Morgan fingerprint density at radius 3 is 2.26 bits per heavy atom.